The van der Waals surface area contributed by atoms with Gasteiger partial charge in [0.1, 0.15) is 11.3 Å². The third kappa shape index (κ3) is 3.97. The summed E-state index contributed by atoms with van der Waals surface area (Å²) < 4.78 is 0. The van der Waals surface area contributed by atoms with Crippen LogP contribution in [-0.4, -0.2) is 33.0 Å². The lowest BCUT2D eigenvalue weighted by Gasteiger charge is -2.49. The van der Waals surface area contributed by atoms with Crippen LogP contribution in [0.3, 0.4) is 0 Å². The zero-order valence-corrected chi connectivity index (χ0v) is 17.7. The molecule has 160 valence electrons. The van der Waals surface area contributed by atoms with Gasteiger partial charge in [-0.1, -0.05) is 50.6 Å². The summed E-state index contributed by atoms with van der Waals surface area (Å²) in [7, 11) is 0. The number of amides is 1. The van der Waals surface area contributed by atoms with Crippen LogP contribution in [0.15, 0.2) is 46.7 Å². The van der Waals surface area contributed by atoms with E-state index < -0.39 is 11.7 Å². The summed E-state index contributed by atoms with van der Waals surface area (Å²) >= 11 is 0. The highest BCUT2D eigenvalue weighted by Gasteiger charge is 2.48. The third-order valence-corrected chi connectivity index (χ3v) is 6.31. The maximum absolute atomic E-state index is 12.6. The molecule has 7 heteroatoms. The van der Waals surface area contributed by atoms with Crippen molar-refractivity contribution in [3.05, 3.63) is 47.1 Å². The maximum Gasteiger partial charge on any atom is 0.339 e. The van der Waals surface area contributed by atoms with E-state index in [9.17, 15) is 19.9 Å². The standard InChI is InChI=1S/C23H28N2O5/c1-22(2)9-10-23(3,4)19-16(22)8-5-13(20(19)25-30)11-18(27)24-14-6-7-15(21(28)29)17(26)12-14/h5-8,12,19,26,30H,9-11H2,1-4H3,(H,24,27)(H,28,29). The number of hydrogen-bond donors (Lipinski definition) is 4. The number of carbonyl (C=O) groups excluding carboxylic acids is 1. The van der Waals surface area contributed by atoms with Crippen molar-refractivity contribution in [2.45, 2.75) is 47.0 Å². The Hall–Kier alpha value is -3.09. The van der Waals surface area contributed by atoms with Crippen LogP contribution >= 0.6 is 0 Å². The minimum atomic E-state index is -1.25. The van der Waals surface area contributed by atoms with Gasteiger partial charge in [0.05, 0.1) is 12.1 Å². The first-order valence-electron chi connectivity index (χ1n) is 9.96. The van der Waals surface area contributed by atoms with Gasteiger partial charge in [-0.25, -0.2) is 4.79 Å². The number of aromatic carboxylic acids is 1. The van der Waals surface area contributed by atoms with Crippen LogP contribution in [0.5, 0.6) is 5.75 Å². The summed E-state index contributed by atoms with van der Waals surface area (Å²) in [5.41, 5.74) is 2.31. The Labute approximate surface area is 175 Å². The summed E-state index contributed by atoms with van der Waals surface area (Å²) in [5, 5.41) is 34.9. The third-order valence-electron chi connectivity index (χ3n) is 6.31. The normalized spacial score (nSPS) is 23.2. The number of allylic oxidation sites excluding steroid dienone is 3. The molecule has 2 aliphatic carbocycles. The van der Waals surface area contributed by atoms with E-state index >= 15 is 0 Å². The van der Waals surface area contributed by atoms with E-state index in [1.54, 1.807) is 0 Å². The number of nitrogens with zero attached hydrogens (tertiary/aromatic N) is 1. The molecular formula is C23H28N2O5. The zero-order chi connectivity index (χ0) is 22.3. The molecule has 1 aromatic rings. The predicted molar refractivity (Wildman–Crippen MR) is 114 cm³/mol. The minimum Gasteiger partial charge on any atom is -0.507 e. The highest BCUT2D eigenvalue weighted by molar-refractivity contribution is 6.09. The highest BCUT2D eigenvalue weighted by atomic mass is 16.4. The monoisotopic (exact) mass is 412 g/mol. The number of anilines is 1. The number of phenols is 1. The molecule has 1 atom stereocenters. The Morgan fingerprint density at radius 1 is 1.17 bits per heavy atom. The van der Waals surface area contributed by atoms with E-state index in [1.807, 2.05) is 6.08 Å². The summed E-state index contributed by atoms with van der Waals surface area (Å²) in [6, 6.07) is 3.85. The fourth-order valence-corrected chi connectivity index (χ4v) is 4.48. The van der Waals surface area contributed by atoms with E-state index in [0.29, 0.717) is 11.3 Å². The van der Waals surface area contributed by atoms with Crippen LogP contribution in [0, 0.1) is 16.7 Å². The second kappa shape index (κ2) is 7.63. The van der Waals surface area contributed by atoms with Gasteiger partial charge >= 0.3 is 5.97 Å². The smallest absolute Gasteiger partial charge is 0.339 e. The first-order chi connectivity index (χ1) is 14.0. The molecule has 7 nitrogen and oxygen atoms in total. The summed E-state index contributed by atoms with van der Waals surface area (Å²) in [5.74, 6) is -2.09. The van der Waals surface area contributed by atoms with Gasteiger partial charge < -0.3 is 20.7 Å². The molecule has 1 unspecified atom stereocenters. The second-order valence-electron chi connectivity index (χ2n) is 9.37. The van der Waals surface area contributed by atoms with Crippen LogP contribution < -0.4 is 5.32 Å². The average molecular weight is 412 g/mol. The second-order valence-corrected chi connectivity index (χ2v) is 9.37. The van der Waals surface area contributed by atoms with Crippen molar-refractivity contribution < 1.29 is 25.0 Å². The lowest BCUT2D eigenvalue weighted by atomic mass is 9.54. The van der Waals surface area contributed by atoms with Crippen molar-refractivity contribution >= 4 is 23.3 Å². The number of oxime groups is 1. The molecule has 0 saturated heterocycles. The van der Waals surface area contributed by atoms with E-state index in [4.69, 9.17) is 5.11 Å². The van der Waals surface area contributed by atoms with Gasteiger partial charge in [-0.05, 0) is 41.4 Å². The lowest BCUT2D eigenvalue weighted by Crippen LogP contribution is -2.44. The molecule has 2 aliphatic rings. The number of carboxylic acids is 1. The Bertz CT molecular complexity index is 985. The highest BCUT2D eigenvalue weighted by Crippen LogP contribution is 2.54. The number of carbonyl (C=O) groups is 2. The van der Waals surface area contributed by atoms with Crippen molar-refractivity contribution in [2.24, 2.45) is 21.9 Å². The minimum absolute atomic E-state index is 0.00236. The van der Waals surface area contributed by atoms with E-state index in [2.05, 4.69) is 44.2 Å². The topological polar surface area (TPSA) is 119 Å². The number of aromatic hydroxyl groups is 1. The van der Waals surface area contributed by atoms with Gasteiger partial charge in [-0.3, -0.25) is 4.79 Å². The molecule has 1 saturated carbocycles. The average Bonchev–Trinajstić information content (AvgIpc) is 2.65. The van der Waals surface area contributed by atoms with Crippen molar-refractivity contribution in [2.75, 3.05) is 5.32 Å². The van der Waals surface area contributed by atoms with Gasteiger partial charge in [0.25, 0.3) is 0 Å². The summed E-state index contributed by atoms with van der Waals surface area (Å²) in [6.07, 6.45) is 5.92. The molecule has 4 N–H and O–H groups in total. The SMILES string of the molecule is CC1(C)CCC(C)(C)C2C1=CC=C(CC(=O)Nc1ccc(C(=O)O)c(O)c1)C2=NO. The molecule has 1 aromatic carbocycles. The molecule has 0 heterocycles. The summed E-state index contributed by atoms with van der Waals surface area (Å²) in [6.45, 7) is 8.69. The first kappa shape index (κ1) is 21.6. The quantitative estimate of drug-likeness (QED) is 0.426. The number of fused-ring (bicyclic) bond motifs is 1. The lowest BCUT2D eigenvalue weighted by molar-refractivity contribution is -0.115. The Morgan fingerprint density at radius 3 is 2.47 bits per heavy atom. The van der Waals surface area contributed by atoms with E-state index in [1.165, 1.54) is 23.8 Å². The molecule has 0 aromatic heterocycles. The van der Waals surface area contributed by atoms with Gasteiger partial charge in [0.15, 0.2) is 0 Å². The molecule has 0 bridgehead atoms. The van der Waals surface area contributed by atoms with Crippen LogP contribution in [0.25, 0.3) is 0 Å². The van der Waals surface area contributed by atoms with Crippen molar-refractivity contribution in [1.29, 1.82) is 0 Å². The number of benzene rings is 1. The Kier molecular flexibility index (Phi) is 5.50. The predicted octanol–water partition coefficient (Wildman–Crippen LogP) is 4.58. The van der Waals surface area contributed by atoms with Crippen LogP contribution in [-0.2, 0) is 4.79 Å². The molecule has 0 radical (unpaired) electrons. The zero-order valence-electron chi connectivity index (χ0n) is 17.7. The molecule has 1 amide bonds. The van der Waals surface area contributed by atoms with Crippen molar-refractivity contribution in [3.63, 3.8) is 0 Å². The number of hydrogen-bond acceptors (Lipinski definition) is 5. The maximum atomic E-state index is 12.6. The molecule has 3 rings (SSSR count). The number of nitrogens with one attached hydrogen (secondary N) is 1. The molecular weight excluding hydrogens is 384 g/mol. The van der Waals surface area contributed by atoms with Crippen LogP contribution in [0.4, 0.5) is 5.69 Å². The van der Waals surface area contributed by atoms with Gasteiger partial charge in [0.2, 0.25) is 5.91 Å². The fraction of sp³-hybridized carbons (Fsp3) is 0.435. The largest absolute Gasteiger partial charge is 0.507 e. The fourth-order valence-electron chi connectivity index (χ4n) is 4.48. The van der Waals surface area contributed by atoms with E-state index in [0.717, 1.165) is 12.8 Å². The molecule has 0 aliphatic heterocycles. The van der Waals surface area contributed by atoms with Crippen LogP contribution in [0.1, 0.15) is 57.3 Å². The van der Waals surface area contributed by atoms with Gasteiger partial charge in [-0.15, -0.1) is 0 Å². The first-order valence-corrected chi connectivity index (χ1v) is 9.96. The summed E-state index contributed by atoms with van der Waals surface area (Å²) in [4.78, 5) is 23.6. The van der Waals surface area contributed by atoms with Crippen LogP contribution in [0.2, 0.25) is 0 Å². The molecule has 1 fully saturated rings. The van der Waals surface area contributed by atoms with Crippen molar-refractivity contribution in [3.8, 4) is 5.75 Å². The Morgan fingerprint density at radius 2 is 1.87 bits per heavy atom. The number of carboxylic acid groups (broad SMARTS) is 1. The molecule has 30 heavy (non-hydrogen) atoms. The van der Waals surface area contributed by atoms with Gasteiger partial charge in [0, 0.05) is 17.7 Å². The van der Waals surface area contributed by atoms with Crippen molar-refractivity contribution in [1.82, 2.24) is 0 Å². The van der Waals surface area contributed by atoms with Gasteiger partial charge in [-0.2, -0.15) is 0 Å². The number of rotatable bonds is 4. The Balaban J connectivity index is 1.83. The molecule has 0 spiro atoms. The van der Waals surface area contributed by atoms with E-state index in [-0.39, 0.29) is 40.3 Å².